The third-order valence-corrected chi connectivity index (χ3v) is 4.30. The minimum absolute atomic E-state index is 0.0478. The summed E-state index contributed by atoms with van der Waals surface area (Å²) in [4.78, 5) is 9.34. The average molecular weight is 361 g/mol. The zero-order chi connectivity index (χ0) is 13.3. The van der Waals surface area contributed by atoms with Crippen LogP contribution in [0.15, 0.2) is 0 Å². The Morgan fingerprint density at radius 2 is 2.00 bits per heavy atom. The van der Waals surface area contributed by atoms with Crippen molar-refractivity contribution >= 4 is 28.4 Å². The normalized spacial score (nSPS) is 17.0. The molecule has 0 bridgehead atoms. The van der Waals surface area contributed by atoms with Gasteiger partial charge in [0.2, 0.25) is 0 Å². The molecule has 0 radical (unpaired) electrons. The topological polar surface area (TPSA) is 47.0 Å². The minimum atomic E-state index is 0.0478. The molecule has 1 aliphatic carbocycles. The second kappa shape index (κ2) is 5.69. The predicted octanol–water partition coefficient (Wildman–Crippen LogP) is 3.34. The molecular weight excluding hydrogens is 341 g/mol. The number of halogens is 1. The summed E-state index contributed by atoms with van der Waals surface area (Å²) in [7, 11) is 3.65. The number of aromatic nitrogens is 2. The standard InChI is InChI=1S/C13H20IN3O/c1-7(2)10-9(14)12(15-3)17-13(16-10)11(18-4)8-5-6-8/h7-8,11H,5-6H2,1-4H3,(H,15,16,17). The molecule has 100 valence electrons. The van der Waals surface area contributed by atoms with Crippen LogP contribution in [0.5, 0.6) is 0 Å². The Labute approximate surface area is 122 Å². The Balaban J connectivity index is 2.43. The number of ether oxygens (including phenoxy) is 1. The molecular formula is C13H20IN3O. The predicted molar refractivity (Wildman–Crippen MR) is 80.9 cm³/mol. The van der Waals surface area contributed by atoms with Crippen LogP contribution in [0.1, 0.15) is 50.2 Å². The van der Waals surface area contributed by atoms with Crippen molar-refractivity contribution in [3.63, 3.8) is 0 Å². The van der Waals surface area contributed by atoms with E-state index in [9.17, 15) is 0 Å². The Kier molecular flexibility index (Phi) is 4.42. The molecule has 1 aromatic heterocycles. The summed E-state index contributed by atoms with van der Waals surface area (Å²) < 4.78 is 6.69. The lowest BCUT2D eigenvalue weighted by molar-refractivity contribution is 0.0770. The summed E-state index contributed by atoms with van der Waals surface area (Å²) in [6.07, 6.45) is 2.49. The van der Waals surface area contributed by atoms with Crippen molar-refractivity contribution < 1.29 is 4.74 Å². The maximum Gasteiger partial charge on any atom is 0.160 e. The first-order valence-electron chi connectivity index (χ1n) is 6.36. The fourth-order valence-electron chi connectivity index (χ4n) is 2.07. The zero-order valence-electron chi connectivity index (χ0n) is 11.3. The summed E-state index contributed by atoms with van der Waals surface area (Å²) in [6, 6.07) is 0. The van der Waals surface area contributed by atoms with E-state index in [1.165, 1.54) is 12.8 Å². The maximum absolute atomic E-state index is 5.58. The molecule has 0 saturated heterocycles. The molecule has 5 heteroatoms. The van der Waals surface area contributed by atoms with E-state index >= 15 is 0 Å². The van der Waals surface area contributed by atoms with Gasteiger partial charge in [0.05, 0.1) is 9.26 Å². The quantitative estimate of drug-likeness (QED) is 0.818. The van der Waals surface area contributed by atoms with Gasteiger partial charge in [-0.1, -0.05) is 13.8 Å². The largest absolute Gasteiger partial charge is 0.373 e. The van der Waals surface area contributed by atoms with Gasteiger partial charge in [0.1, 0.15) is 11.9 Å². The Morgan fingerprint density at radius 3 is 2.44 bits per heavy atom. The first-order valence-corrected chi connectivity index (χ1v) is 7.44. The van der Waals surface area contributed by atoms with Crippen LogP contribution in [-0.2, 0) is 4.74 Å². The van der Waals surface area contributed by atoms with Gasteiger partial charge in [0.25, 0.3) is 0 Å². The van der Waals surface area contributed by atoms with Crippen LogP contribution in [0.4, 0.5) is 5.82 Å². The van der Waals surface area contributed by atoms with Crippen LogP contribution in [0.25, 0.3) is 0 Å². The van der Waals surface area contributed by atoms with Gasteiger partial charge in [-0.3, -0.25) is 0 Å². The first-order chi connectivity index (χ1) is 8.58. The Bertz CT molecular complexity index is 432. The third-order valence-electron chi connectivity index (χ3n) is 3.24. The van der Waals surface area contributed by atoms with Gasteiger partial charge in [-0.05, 0) is 47.3 Å². The molecule has 0 spiro atoms. The minimum Gasteiger partial charge on any atom is -0.373 e. The molecule has 4 nitrogen and oxygen atoms in total. The fraction of sp³-hybridized carbons (Fsp3) is 0.692. The van der Waals surface area contributed by atoms with E-state index in [1.807, 2.05) is 7.05 Å². The van der Waals surface area contributed by atoms with Gasteiger partial charge < -0.3 is 10.1 Å². The highest BCUT2D eigenvalue weighted by atomic mass is 127. The number of hydrogen-bond acceptors (Lipinski definition) is 4. The lowest BCUT2D eigenvalue weighted by Gasteiger charge is -2.18. The number of anilines is 1. The number of hydrogen-bond donors (Lipinski definition) is 1. The number of nitrogens with zero attached hydrogens (tertiary/aromatic N) is 2. The molecule has 1 aromatic rings. The molecule has 0 aromatic carbocycles. The van der Waals surface area contributed by atoms with Gasteiger partial charge in [-0.2, -0.15) is 0 Å². The molecule has 1 N–H and O–H groups in total. The van der Waals surface area contributed by atoms with Crippen LogP contribution in [0, 0.1) is 9.49 Å². The van der Waals surface area contributed by atoms with Gasteiger partial charge >= 0.3 is 0 Å². The highest BCUT2D eigenvalue weighted by Crippen LogP contribution is 2.42. The van der Waals surface area contributed by atoms with Crippen molar-refractivity contribution in [1.82, 2.24) is 9.97 Å². The van der Waals surface area contributed by atoms with E-state index in [0.717, 1.165) is 20.9 Å². The van der Waals surface area contributed by atoms with Crippen molar-refractivity contribution in [3.05, 3.63) is 15.1 Å². The van der Waals surface area contributed by atoms with Gasteiger partial charge in [-0.15, -0.1) is 0 Å². The van der Waals surface area contributed by atoms with E-state index < -0.39 is 0 Å². The highest BCUT2D eigenvalue weighted by Gasteiger charge is 2.35. The first kappa shape index (κ1) is 14.0. The lowest BCUT2D eigenvalue weighted by atomic mass is 10.1. The van der Waals surface area contributed by atoms with Gasteiger partial charge in [-0.25, -0.2) is 9.97 Å². The molecule has 2 rings (SSSR count). The second-order valence-electron chi connectivity index (χ2n) is 5.03. The molecule has 1 fully saturated rings. The molecule has 1 atom stereocenters. The molecule has 1 heterocycles. The van der Waals surface area contributed by atoms with Crippen molar-refractivity contribution in [2.45, 2.75) is 38.7 Å². The SMILES string of the molecule is CNc1nc(C(OC)C2CC2)nc(C(C)C)c1I. The second-order valence-corrected chi connectivity index (χ2v) is 6.11. The Hall–Kier alpha value is -0.430. The summed E-state index contributed by atoms with van der Waals surface area (Å²) in [5.74, 6) is 2.72. The highest BCUT2D eigenvalue weighted by molar-refractivity contribution is 14.1. The summed E-state index contributed by atoms with van der Waals surface area (Å²) in [6.45, 7) is 4.32. The van der Waals surface area contributed by atoms with E-state index in [1.54, 1.807) is 7.11 Å². The van der Waals surface area contributed by atoms with Crippen molar-refractivity contribution in [2.75, 3.05) is 19.5 Å². The van der Waals surface area contributed by atoms with Crippen molar-refractivity contribution in [1.29, 1.82) is 0 Å². The van der Waals surface area contributed by atoms with Crippen LogP contribution < -0.4 is 5.32 Å². The Morgan fingerprint density at radius 1 is 1.33 bits per heavy atom. The monoisotopic (exact) mass is 361 g/mol. The van der Waals surface area contributed by atoms with E-state index in [2.05, 4.69) is 46.7 Å². The zero-order valence-corrected chi connectivity index (χ0v) is 13.5. The van der Waals surface area contributed by atoms with Crippen LogP contribution >= 0.6 is 22.6 Å². The number of nitrogens with one attached hydrogen (secondary N) is 1. The fourth-order valence-corrected chi connectivity index (χ4v) is 3.20. The summed E-state index contributed by atoms with van der Waals surface area (Å²) in [5.41, 5.74) is 1.10. The van der Waals surface area contributed by atoms with Gasteiger partial charge in [0.15, 0.2) is 5.82 Å². The molecule has 1 saturated carbocycles. The molecule has 1 aliphatic rings. The summed E-state index contributed by atoms with van der Waals surface area (Å²) >= 11 is 2.31. The number of rotatable bonds is 5. The average Bonchev–Trinajstić information content (AvgIpc) is 3.15. The van der Waals surface area contributed by atoms with Crippen molar-refractivity contribution in [2.24, 2.45) is 5.92 Å². The number of methoxy groups -OCH3 is 1. The van der Waals surface area contributed by atoms with Gasteiger partial charge in [0, 0.05) is 14.2 Å². The molecule has 0 aliphatic heterocycles. The van der Waals surface area contributed by atoms with Crippen LogP contribution in [0.3, 0.4) is 0 Å². The van der Waals surface area contributed by atoms with Crippen molar-refractivity contribution in [3.8, 4) is 0 Å². The molecule has 0 amide bonds. The maximum atomic E-state index is 5.58. The van der Waals surface area contributed by atoms with E-state index in [4.69, 9.17) is 9.72 Å². The summed E-state index contributed by atoms with van der Waals surface area (Å²) in [5, 5.41) is 3.16. The van der Waals surface area contributed by atoms with E-state index in [0.29, 0.717) is 11.8 Å². The third kappa shape index (κ3) is 2.77. The molecule has 1 unspecified atom stereocenters. The molecule has 18 heavy (non-hydrogen) atoms. The smallest absolute Gasteiger partial charge is 0.160 e. The lowest BCUT2D eigenvalue weighted by Crippen LogP contribution is -2.14. The van der Waals surface area contributed by atoms with Crippen LogP contribution in [0.2, 0.25) is 0 Å². The van der Waals surface area contributed by atoms with E-state index in [-0.39, 0.29) is 6.10 Å². The van der Waals surface area contributed by atoms with Crippen LogP contribution in [-0.4, -0.2) is 24.1 Å².